The second-order valence-corrected chi connectivity index (χ2v) is 6.57. The molecule has 1 heterocycles. The molecule has 2 aliphatic carbocycles. The molecular formula is C17H21NO2. The minimum absolute atomic E-state index is 0.0109. The predicted octanol–water partition coefficient (Wildman–Crippen LogP) is 2.31. The van der Waals surface area contributed by atoms with E-state index in [1.54, 1.807) is 0 Å². The monoisotopic (exact) mass is 271 g/mol. The van der Waals surface area contributed by atoms with E-state index in [1.165, 1.54) is 19.3 Å². The summed E-state index contributed by atoms with van der Waals surface area (Å²) in [6.45, 7) is 0.750. The number of hydrogen-bond acceptors (Lipinski definition) is 2. The fraction of sp³-hybridized carbons (Fsp3) is 0.588. The maximum Gasteiger partial charge on any atom is 0.255 e. The Morgan fingerprint density at radius 3 is 2.40 bits per heavy atom. The van der Waals surface area contributed by atoms with Crippen molar-refractivity contribution >= 4 is 5.91 Å². The Morgan fingerprint density at radius 2 is 1.80 bits per heavy atom. The van der Waals surface area contributed by atoms with Crippen LogP contribution in [0.2, 0.25) is 0 Å². The number of nitrogens with zero attached hydrogens (tertiary/aromatic N) is 1. The third-order valence-electron chi connectivity index (χ3n) is 5.50. The van der Waals surface area contributed by atoms with Crippen molar-refractivity contribution in [3.63, 3.8) is 0 Å². The lowest BCUT2D eigenvalue weighted by Gasteiger charge is -2.33. The van der Waals surface area contributed by atoms with E-state index in [0.717, 1.165) is 24.9 Å². The van der Waals surface area contributed by atoms with E-state index in [2.05, 4.69) is 0 Å². The molecule has 1 aliphatic heterocycles. The fourth-order valence-corrected chi connectivity index (χ4v) is 4.36. The molecule has 0 bridgehead atoms. The van der Waals surface area contributed by atoms with Crippen molar-refractivity contribution < 1.29 is 9.90 Å². The van der Waals surface area contributed by atoms with Gasteiger partial charge in [0.2, 0.25) is 0 Å². The Kier molecular flexibility index (Phi) is 2.68. The molecule has 20 heavy (non-hydrogen) atoms. The summed E-state index contributed by atoms with van der Waals surface area (Å²) >= 11 is 0. The molecule has 3 aliphatic rings. The van der Waals surface area contributed by atoms with Gasteiger partial charge in [-0.3, -0.25) is 4.79 Å². The molecule has 0 radical (unpaired) electrons. The third-order valence-corrected chi connectivity index (χ3v) is 5.50. The van der Waals surface area contributed by atoms with Gasteiger partial charge in [0, 0.05) is 24.4 Å². The lowest BCUT2D eigenvalue weighted by molar-refractivity contribution is -0.141. The molecule has 1 aromatic carbocycles. The van der Waals surface area contributed by atoms with Crippen LogP contribution in [0.3, 0.4) is 0 Å². The highest BCUT2D eigenvalue weighted by molar-refractivity contribution is 5.94. The van der Waals surface area contributed by atoms with Gasteiger partial charge in [-0.05, 0) is 18.4 Å². The molecule has 1 N–H and O–H groups in total. The van der Waals surface area contributed by atoms with Gasteiger partial charge in [0.05, 0.1) is 0 Å². The maximum atomic E-state index is 12.6. The van der Waals surface area contributed by atoms with Crippen molar-refractivity contribution in [3.8, 4) is 0 Å². The summed E-state index contributed by atoms with van der Waals surface area (Å²) in [5.74, 6) is 0.124. The zero-order valence-corrected chi connectivity index (χ0v) is 11.7. The van der Waals surface area contributed by atoms with Gasteiger partial charge in [0.25, 0.3) is 5.91 Å². The van der Waals surface area contributed by atoms with E-state index in [-0.39, 0.29) is 17.7 Å². The maximum absolute atomic E-state index is 12.6. The molecule has 0 spiro atoms. The number of fused-ring (bicyclic) bond motifs is 1. The van der Waals surface area contributed by atoms with Crippen LogP contribution in [-0.4, -0.2) is 34.1 Å². The largest absolute Gasteiger partial charge is 0.379 e. The van der Waals surface area contributed by atoms with Gasteiger partial charge in [-0.1, -0.05) is 49.6 Å². The van der Waals surface area contributed by atoms with Crippen molar-refractivity contribution in [2.75, 3.05) is 6.54 Å². The number of benzene rings is 1. The van der Waals surface area contributed by atoms with E-state index in [4.69, 9.17) is 0 Å². The highest BCUT2D eigenvalue weighted by Gasteiger charge is 2.75. The minimum Gasteiger partial charge on any atom is -0.379 e. The van der Waals surface area contributed by atoms with Crippen LogP contribution in [0.4, 0.5) is 0 Å². The topological polar surface area (TPSA) is 40.5 Å². The average molecular weight is 271 g/mol. The van der Waals surface area contributed by atoms with Crippen LogP contribution in [0.25, 0.3) is 0 Å². The molecule has 3 heteroatoms. The third kappa shape index (κ3) is 1.59. The van der Waals surface area contributed by atoms with Gasteiger partial charge in [-0.25, -0.2) is 0 Å². The number of likely N-dealkylation sites (tertiary alicyclic amines) is 1. The Balaban J connectivity index is 1.53. The Bertz CT molecular complexity index is 523. The normalized spacial score (nSPS) is 37.0. The molecule has 3 fully saturated rings. The molecule has 4 rings (SSSR count). The Morgan fingerprint density at radius 1 is 1.10 bits per heavy atom. The van der Waals surface area contributed by atoms with Crippen LogP contribution in [-0.2, 0) is 4.79 Å². The van der Waals surface area contributed by atoms with E-state index >= 15 is 0 Å². The number of rotatable bonds is 2. The van der Waals surface area contributed by atoms with Gasteiger partial charge in [0.15, 0.2) is 5.60 Å². The van der Waals surface area contributed by atoms with Gasteiger partial charge < -0.3 is 10.0 Å². The zero-order valence-electron chi connectivity index (χ0n) is 11.7. The van der Waals surface area contributed by atoms with Crippen LogP contribution in [0.5, 0.6) is 0 Å². The molecule has 2 saturated carbocycles. The summed E-state index contributed by atoms with van der Waals surface area (Å²) in [7, 11) is 0. The first-order valence-electron chi connectivity index (χ1n) is 7.81. The first-order chi connectivity index (χ1) is 9.73. The highest BCUT2D eigenvalue weighted by atomic mass is 16.3. The van der Waals surface area contributed by atoms with Gasteiger partial charge in [0.1, 0.15) is 0 Å². The first kappa shape index (κ1) is 12.4. The van der Waals surface area contributed by atoms with E-state index < -0.39 is 5.60 Å². The van der Waals surface area contributed by atoms with Gasteiger partial charge in [-0.2, -0.15) is 0 Å². The highest BCUT2D eigenvalue weighted by Crippen LogP contribution is 2.62. The van der Waals surface area contributed by atoms with E-state index in [9.17, 15) is 9.90 Å². The van der Waals surface area contributed by atoms with Crippen LogP contribution in [0.15, 0.2) is 30.3 Å². The van der Waals surface area contributed by atoms with Crippen molar-refractivity contribution in [2.24, 2.45) is 5.92 Å². The quantitative estimate of drug-likeness (QED) is 0.896. The minimum atomic E-state index is -1.10. The van der Waals surface area contributed by atoms with Crippen LogP contribution in [0, 0.1) is 5.92 Å². The zero-order chi connectivity index (χ0) is 13.7. The van der Waals surface area contributed by atoms with Crippen LogP contribution in [0.1, 0.15) is 43.6 Å². The Labute approximate surface area is 119 Å². The number of amides is 1. The standard InChI is InChI=1S/C17H21NO2/c19-16-17(20)14(15(17)12-7-3-1-4-8-12)11-18(16)13-9-5-2-6-10-13/h1,3-4,7-8,13-15,20H,2,5-6,9-11H2. The summed E-state index contributed by atoms with van der Waals surface area (Å²) in [5, 5.41) is 10.8. The molecule has 3 atom stereocenters. The molecule has 3 unspecified atom stereocenters. The molecule has 3 nitrogen and oxygen atoms in total. The molecular weight excluding hydrogens is 250 g/mol. The smallest absolute Gasteiger partial charge is 0.255 e. The lowest BCUT2D eigenvalue weighted by atomic mass is 9.93. The summed E-state index contributed by atoms with van der Waals surface area (Å²) in [4.78, 5) is 14.6. The van der Waals surface area contributed by atoms with Crippen molar-refractivity contribution in [3.05, 3.63) is 35.9 Å². The molecule has 1 amide bonds. The van der Waals surface area contributed by atoms with E-state index in [0.29, 0.717) is 6.04 Å². The van der Waals surface area contributed by atoms with Gasteiger partial charge in [-0.15, -0.1) is 0 Å². The van der Waals surface area contributed by atoms with Crippen molar-refractivity contribution in [2.45, 2.75) is 49.7 Å². The van der Waals surface area contributed by atoms with Gasteiger partial charge >= 0.3 is 0 Å². The lowest BCUT2D eigenvalue weighted by Crippen LogP contribution is -2.44. The van der Waals surface area contributed by atoms with Crippen LogP contribution >= 0.6 is 0 Å². The summed E-state index contributed by atoms with van der Waals surface area (Å²) in [6.07, 6.45) is 5.97. The number of hydrogen-bond donors (Lipinski definition) is 1. The predicted molar refractivity (Wildman–Crippen MR) is 76.2 cm³/mol. The van der Waals surface area contributed by atoms with E-state index in [1.807, 2.05) is 35.2 Å². The second-order valence-electron chi connectivity index (χ2n) is 6.57. The number of carbonyl (C=O) groups is 1. The molecule has 1 aromatic rings. The SMILES string of the molecule is O=C1N(C2CCCCC2)CC2C(c3ccccc3)C12O. The fourth-order valence-electron chi connectivity index (χ4n) is 4.36. The number of carbonyl (C=O) groups excluding carboxylic acids is 1. The summed E-state index contributed by atoms with van der Waals surface area (Å²) in [5.41, 5.74) is 0.00959. The molecule has 106 valence electrons. The number of aliphatic hydroxyl groups is 1. The summed E-state index contributed by atoms with van der Waals surface area (Å²) < 4.78 is 0. The molecule has 1 saturated heterocycles. The average Bonchev–Trinajstić information content (AvgIpc) is 3.02. The number of piperidine rings is 1. The van der Waals surface area contributed by atoms with Crippen molar-refractivity contribution in [1.82, 2.24) is 4.90 Å². The summed E-state index contributed by atoms with van der Waals surface area (Å²) in [6, 6.07) is 10.4. The van der Waals surface area contributed by atoms with Crippen LogP contribution < -0.4 is 0 Å². The first-order valence-corrected chi connectivity index (χ1v) is 7.81. The molecule has 0 aromatic heterocycles. The van der Waals surface area contributed by atoms with Crippen molar-refractivity contribution in [1.29, 1.82) is 0 Å². The second kappa shape index (κ2) is 4.32. The Hall–Kier alpha value is -1.35.